The molecule has 2 nitrogen and oxygen atoms in total. The molecule has 0 bridgehead atoms. The average molecular weight is 236 g/mol. The summed E-state index contributed by atoms with van der Waals surface area (Å²) in [5.41, 5.74) is -1.45. The molecule has 0 aliphatic carbocycles. The van der Waals surface area contributed by atoms with E-state index in [1.54, 1.807) is 0 Å². The fraction of sp³-hybridized carbons (Fsp3) is 0.300. The Hall–Kier alpha value is -1.43. The van der Waals surface area contributed by atoms with Gasteiger partial charge in [0.2, 0.25) is 0 Å². The second-order valence-electron chi connectivity index (χ2n) is 3.19. The summed E-state index contributed by atoms with van der Waals surface area (Å²) in [5.74, 6) is -1.10. The Balaban J connectivity index is 3.12. The van der Waals surface area contributed by atoms with Crippen molar-refractivity contribution in [3.8, 4) is 0 Å². The van der Waals surface area contributed by atoms with E-state index in [1.165, 1.54) is 0 Å². The van der Waals surface area contributed by atoms with Crippen LogP contribution in [0.1, 0.15) is 23.7 Å². The van der Waals surface area contributed by atoms with Gasteiger partial charge in [-0.15, -0.1) is 0 Å². The molecule has 1 unspecified atom stereocenters. The van der Waals surface area contributed by atoms with Crippen molar-refractivity contribution in [3.63, 3.8) is 0 Å². The molecule has 0 saturated heterocycles. The predicted octanol–water partition coefficient (Wildman–Crippen LogP) is 2.47. The first kappa shape index (κ1) is 12.6. The molecule has 16 heavy (non-hydrogen) atoms. The molecule has 1 rings (SSSR count). The number of carbonyl (C=O) groups excluding carboxylic acids is 1. The molecule has 6 heteroatoms. The fourth-order valence-corrected chi connectivity index (χ4v) is 1.20. The number of benzene rings is 1. The van der Waals surface area contributed by atoms with Crippen LogP contribution in [0.15, 0.2) is 18.2 Å². The molecule has 0 radical (unpaired) electrons. The first-order valence-corrected chi connectivity index (χ1v) is 4.34. The highest BCUT2D eigenvalue weighted by Crippen LogP contribution is 2.32. The highest BCUT2D eigenvalue weighted by molar-refractivity contribution is 5.51. The Kier molecular flexibility index (Phi) is 3.64. The number of aliphatic hydroxyl groups excluding tert-OH is 1. The normalized spacial score (nSPS) is 13.6. The quantitative estimate of drug-likeness (QED) is 0.646. The Morgan fingerprint density at radius 1 is 1.31 bits per heavy atom. The highest BCUT2D eigenvalue weighted by atomic mass is 19.4. The maximum absolute atomic E-state index is 12.9. The second-order valence-corrected chi connectivity index (χ2v) is 3.19. The maximum Gasteiger partial charge on any atom is 0.416 e. The van der Waals surface area contributed by atoms with E-state index >= 15 is 0 Å². The van der Waals surface area contributed by atoms with Gasteiger partial charge in [-0.25, -0.2) is 4.39 Å². The molecule has 0 fully saturated rings. The molecule has 1 aromatic rings. The van der Waals surface area contributed by atoms with Crippen molar-refractivity contribution < 1.29 is 27.5 Å². The minimum absolute atomic E-state index is 0.264. The van der Waals surface area contributed by atoms with Crippen LogP contribution >= 0.6 is 0 Å². The number of carbonyl (C=O) groups is 1. The lowest BCUT2D eigenvalue weighted by atomic mass is 10.0. The molecule has 0 aromatic heterocycles. The lowest BCUT2D eigenvalue weighted by Crippen LogP contribution is -2.08. The van der Waals surface area contributed by atoms with Crippen molar-refractivity contribution in [1.82, 2.24) is 0 Å². The van der Waals surface area contributed by atoms with E-state index in [1.807, 2.05) is 0 Å². The summed E-state index contributed by atoms with van der Waals surface area (Å²) in [4.78, 5) is 10.1. The molecule has 0 amide bonds. The first-order chi connectivity index (χ1) is 7.34. The van der Waals surface area contributed by atoms with Gasteiger partial charge in [0.15, 0.2) is 0 Å². The van der Waals surface area contributed by atoms with Crippen molar-refractivity contribution in [3.05, 3.63) is 35.1 Å². The van der Waals surface area contributed by atoms with Crippen LogP contribution in [0.2, 0.25) is 0 Å². The van der Waals surface area contributed by atoms with Crippen LogP contribution < -0.4 is 0 Å². The SMILES string of the molecule is O=CCC(O)c1cc(F)cc(C(F)(F)F)c1. The van der Waals surface area contributed by atoms with Gasteiger partial charge in [-0.2, -0.15) is 13.2 Å². The highest BCUT2D eigenvalue weighted by Gasteiger charge is 2.31. The van der Waals surface area contributed by atoms with Crippen LogP contribution in [-0.2, 0) is 11.0 Å². The first-order valence-electron chi connectivity index (χ1n) is 4.34. The molecule has 1 N–H and O–H groups in total. The number of rotatable bonds is 3. The molecular weight excluding hydrogens is 228 g/mol. The lowest BCUT2D eigenvalue weighted by Gasteiger charge is -2.12. The summed E-state index contributed by atoms with van der Waals surface area (Å²) in [6, 6.07) is 1.72. The van der Waals surface area contributed by atoms with Gasteiger partial charge < -0.3 is 9.90 Å². The van der Waals surface area contributed by atoms with E-state index in [9.17, 15) is 27.5 Å². The number of aldehydes is 1. The van der Waals surface area contributed by atoms with Crippen LogP contribution in [0, 0.1) is 5.82 Å². The third kappa shape index (κ3) is 3.03. The Morgan fingerprint density at radius 2 is 1.94 bits per heavy atom. The third-order valence-corrected chi connectivity index (χ3v) is 1.95. The minimum Gasteiger partial charge on any atom is -0.388 e. The number of alkyl halides is 3. The van der Waals surface area contributed by atoms with Crippen molar-refractivity contribution >= 4 is 6.29 Å². The molecule has 0 aliphatic heterocycles. The Morgan fingerprint density at radius 3 is 2.44 bits per heavy atom. The van der Waals surface area contributed by atoms with Gasteiger partial charge in [0.25, 0.3) is 0 Å². The van der Waals surface area contributed by atoms with E-state index in [2.05, 4.69) is 0 Å². The molecule has 88 valence electrons. The van der Waals surface area contributed by atoms with Gasteiger partial charge in [0, 0.05) is 6.42 Å². The van der Waals surface area contributed by atoms with Crippen molar-refractivity contribution in [1.29, 1.82) is 0 Å². The van der Waals surface area contributed by atoms with Crippen molar-refractivity contribution in [2.24, 2.45) is 0 Å². The summed E-state index contributed by atoms with van der Waals surface area (Å²) < 4.78 is 49.7. The number of aliphatic hydroxyl groups is 1. The number of hydrogen-bond acceptors (Lipinski definition) is 2. The van der Waals surface area contributed by atoms with E-state index in [-0.39, 0.29) is 12.0 Å². The molecule has 1 atom stereocenters. The lowest BCUT2D eigenvalue weighted by molar-refractivity contribution is -0.137. The topological polar surface area (TPSA) is 37.3 Å². The summed E-state index contributed by atoms with van der Waals surface area (Å²) in [7, 11) is 0. The van der Waals surface area contributed by atoms with Gasteiger partial charge in [-0.05, 0) is 23.8 Å². The van der Waals surface area contributed by atoms with E-state index in [0.717, 1.165) is 6.07 Å². The van der Waals surface area contributed by atoms with Crippen LogP contribution in [0.3, 0.4) is 0 Å². The maximum atomic E-state index is 12.9. The van der Waals surface area contributed by atoms with E-state index < -0.39 is 23.7 Å². The largest absolute Gasteiger partial charge is 0.416 e. The van der Waals surface area contributed by atoms with Crippen LogP contribution in [0.25, 0.3) is 0 Å². The van der Waals surface area contributed by atoms with Crippen LogP contribution in [-0.4, -0.2) is 11.4 Å². The average Bonchev–Trinajstić information content (AvgIpc) is 2.16. The molecule has 0 heterocycles. The third-order valence-electron chi connectivity index (χ3n) is 1.95. The van der Waals surface area contributed by atoms with E-state index in [0.29, 0.717) is 18.4 Å². The molecular formula is C10H8F4O2. The summed E-state index contributed by atoms with van der Waals surface area (Å²) in [6.07, 6.45) is -6.13. The van der Waals surface area contributed by atoms with Gasteiger partial charge >= 0.3 is 6.18 Å². The zero-order chi connectivity index (χ0) is 12.3. The summed E-state index contributed by atoms with van der Waals surface area (Å²) in [6.45, 7) is 0. The van der Waals surface area contributed by atoms with E-state index in [4.69, 9.17) is 0 Å². The van der Waals surface area contributed by atoms with Gasteiger partial charge in [0.1, 0.15) is 12.1 Å². The van der Waals surface area contributed by atoms with Crippen molar-refractivity contribution in [2.75, 3.05) is 0 Å². The zero-order valence-corrected chi connectivity index (χ0v) is 7.96. The smallest absolute Gasteiger partial charge is 0.388 e. The molecule has 0 saturated carbocycles. The van der Waals surface area contributed by atoms with Gasteiger partial charge in [0.05, 0.1) is 11.7 Å². The number of hydrogen-bond donors (Lipinski definition) is 1. The Labute approximate surface area is 88.5 Å². The van der Waals surface area contributed by atoms with Gasteiger partial charge in [-0.3, -0.25) is 0 Å². The van der Waals surface area contributed by atoms with Crippen LogP contribution in [0.4, 0.5) is 17.6 Å². The summed E-state index contributed by atoms with van der Waals surface area (Å²) >= 11 is 0. The zero-order valence-electron chi connectivity index (χ0n) is 7.96. The summed E-state index contributed by atoms with van der Waals surface area (Å²) in [5, 5.41) is 9.27. The predicted molar refractivity (Wildman–Crippen MR) is 47.0 cm³/mol. The second kappa shape index (κ2) is 4.61. The van der Waals surface area contributed by atoms with Crippen molar-refractivity contribution in [2.45, 2.75) is 18.7 Å². The minimum atomic E-state index is -4.68. The fourth-order valence-electron chi connectivity index (χ4n) is 1.20. The monoisotopic (exact) mass is 236 g/mol. The molecule has 0 spiro atoms. The molecule has 0 aliphatic rings. The van der Waals surface area contributed by atoms with Gasteiger partial charge in [-0.1, -0.05) is 0 Å². The number of halogens is 4. The Bertz CT molecular complexity index is 387. The van der Waals surface area contributed by atoms with Crippen LogP contribution in [0.5, 0.6) is 0 Å². The standard InChI is InChI=1S/C10H8F4O2/c11-8-4-6(9(16)1-2-15)3-7(5-8)10(12,13)14/h2-5,9,16H,1H2. The molecule has 1 aromatic carbocycles.